The molecule has 0 aliphatic carbocycles. The van der Waals surface area contributed by atoms with Crippen molar-refractivity contribution in [1.29, 1.82) is 0 Å². The third-order valence-electron chi connectivity index (χ3n) is 1.78. The molecule has 0 saturated heterocycles. The molecule has 0 aliphatic rings. The Kier molecular flexibility index (Phi) is 4.11. The first-order chi connectivity index (χ1) is 6.72. The lowest BCUT2D eigenvalue weighted by Crippen LogP contribution is -2.07. The summed E-state index contributed by atoms with van der Waals surface area (Å²) in [5.74, 6) is -0.204. The van der Waals surface area contributed by atoms with Crippen molar-refractivity contribution in [2.24, 2.45) is 0 Å². The number of carbonyl (C=O) groups is 1. The zero-order chi connectivity index (χ0) is 10.4. The van der Waals surface area contributed by atoms with Gasteiger partial charge in [-0.1, -0.05) is 13.3 Å². The molecule has 0 aromatic heterocycles. The van der Waals surface area contributed by atoms with Gasteiger partial charge in [0.05, 0.1) is 0 Å². The Morgan fingerprint density at radius 3 is 2.57 bits per heavy atom. The van der Waals surface area contributed by atoms with Crippen LogP contribution >= 0.6 is 0 Å². The first kappa shape index (κ1) is 10.7. The fourth-order valence-corrected chi connectivity index (χ4v) is 1.01. The molecule has 1 aromatic rings. The van der Waals surface area contributed by atoms with Gasteiger partial charge in [-0.25, -0.2) is 4.39 Å². The van der Waals surface area contributed by atoms with Crippen LogP contribution < -0.4 is 4.74 Å². The van der Waals surface area contributed by atoms with Crippen LogP contribution in [0.25, 0.3) is 0 Å². The Balaban J connectivity index is 2.44. The second-order valence-corrected chi connectivity index (χ2v) is 3.03. The monoisotopic (exact) mass is 196 g/mol. The molecule has 2 nitrogen and oxygen atoms in total. The molecule has 1 rings (SSSR count). The van der Waals surface area contributed by atoms with E-state index in [0.717, 1.165) is 12.8 Å². The number of esters is 1. The molecule has 0 saturated carbocycles. The normalized spacial score (nSPS) is 9.86. The second kappa shape index (κ2) is 5.37. The number of hydrogen-bond donors (Lipinski definition) is 0. The summed E-state index contributed by atoms with van der Waals surface area (Å²) in [7, 11) is 0. The van der Waals surface area contributed by atoms with Crippen molar-refractivity contribution in [3.63, 3.8) is 0 Å². The van der Waals surface area contributed by atoms with Crippen LogP contribution in [0.4, 0.5) is 4.39 Å². The van der Waals surface area contributed by atoms with Crippen LogP contribution in [-0.4, -0.2) is 5.97 Å². The van der Waals surface area contributed by atoms with Gasteiger partial charge in [0.15, 0.2) is 0 Å². The van der Waals surface area contributed by atoms with E-state index in [1.165, 1.54) is 24.3 Å². The van der Waals surface area contributed by atoms with Crippen molar-refractivity contribution in [1.82, 2.24) is 0 Å². The molecule has 0 radical (unpaired) electrons. The summed E-state index contributed by atoms with van der Waals surface area (Å²) in [4.78, 5) is 11.1. The second-order valence-electron chi connectivity index (χ2n) is 3.03. The van der Waals surface area contributed by atoms with Gasteiger partial charge < -0.3 is 4.74 Å². The zero-order valence-electron chi connectivity index (χ0n) is 8.13. The van der Waals surface area contributed by atoms with Crippen LogP contribution in [0.1, 0.15) is 26.2 Å². The summed E-state index contributed by atoms with van der Waals surface area (Å²) < 4.78 is 17.5. The first-order valence-electron chi connectivity index (χ1n) is 4.68. The van der Waals surface area contributed by atoms with Gasteiger partial charge in [0.2, 0.25) is 0 Å². The fraction of sp³-hybridized carbons (Fsp3) is 0.364. The van der Waals surface area contributed by atoms with E-state index in [4.69, 9.17) is 4.74 Å². The largest absolute Gasteiger partial charge is 0.427 e. The molecule has 14 heavy (non-hydrogen) atoms. The number of hydrogen-bond acceptors (Lipinski definition) is 2. The van der Waals surface area contributed by atoms with E-state index in [9.17, 15) is 9.18 Å². The molecule has 0 unspecified atom stereocenters. The highest BCUT2D eigenvalue weighted by molar-refractivity contribution is 5.72. The third kappa shape index (κ3) is 3.56. The smallest absolute Gasteiger partial charge is 0.311 e. The Labute approximate surface area is 82.7 Å². The average molecular weight is 196 g/mol. The molecule has 0 bridgehead atoms. The van der Waals surface area contributed by atoms with E-state index in [-0.39, 0.29) is 11.8 Å². The summed E-state index contributed by atoms with van der Waals surface area (Å²) in [6.45, 7) is 2.01. The number of halogens is 1. The van der Waals surface area contributed by atoms with Gasteiger partial charge >= 0.3 is 5.97 Å². The van der Waals surface area contributed by atoms with Crippen molar-refractivity contribution in [3.8, 4) is 5.75 Å². The van der Waals surface area contributed by atoms with Crippen molar-refractivity contribution in [2.75, 3.05) is 0 Å². The molecule has 0 atom stereocenters. The van der Waals surface area contributed by atoms with Crippen LogP contribution in [0.3, 0.4) is 0 Å². The van der Waals surface area contributed by atoms with E-state index in [1.807, 2.05) is 6.92 Å². The minimum absolute atomic E-state index is 0.265. The molecule has 0 fully saturated rings. The van der Waals surface area contributed by atoms with Gasteiger partial charge in [-0.15, -0.1) is 0 Å². The van der Waals surface area contributed by atoms with Crippen LogP contribution in [0.5, 0.6) is 5.75 Å². The number of benzene rings is 1. The first-order valence-corrected chi connectivity index (χ1v) is 4.68. The maximum absolute atomic E-state index is 12.5. The van der Waals surface area contributed by atoms with Crippen molar-refractivity contribution in [2.45, 2.75) is 26.2 Å². The molecule has 0 aliphatic heterocycles. The Morgan fingerprint density at radius 2 is 2.00 bits per heavy atom. The topological polar surface area (TPSA) is 26.3 Å². The summed E-state index contributed by atoms with van der Waals surface area (Å²) in [6.07, 6.45) is 2.19. The minimum atomic E-state index is -0.335. The molecule has 0 amide bonds. The highest BCUT2D eigenvalue weighted by Gasteiger charge is 2.03. The lowest BCUT2D eigenvalue weighted by molar-refractivity contribution is -0.134. The Hall–Kier alpha value is -1.38. The van der Waals surface area contributed by atoms with Crippen LogP contribution in [0.15, 0.2) is 24.3 Å². The number of rotatable bonds is 4. The fourth-order valence-electron chi connectivity index (χ4n) is 1.01. The zero-order valence-corrected chi connectivity index (χ0v) is 8.13. The highest BCUT2D eigenvalue weighted by atomic mass is 19.1. The number of ether oxygens (including phenoxy) is 1. The van der Waals surface area contributed by atoms with E-state index >= 15 is 0 Å². The van der Waals surface area contributed by atoms with Gasteiger partial charge in [0, 0.05) is 6.42 Å². The SMILES string of the molecule is CCCCC(=O)Oc1ccc(F)cc1. The molecule has 1 aromatic carbocycles. The van der Waals surface area contributed by atoms with E-state index in [2.05, 4.69) is 0 Å². The van der Waals surface area contributed by atoms with Crippen molar-refractivity contribution in [3.05, 3.63) is 30.1 Å². The van der Waals surface area contributed by atoms with Crippen molar-refractivity contribution < 1.29 is 13.9 Å². The van der Waals surface area contributed by atoms with Gasteiger partial charge in [0.25, 0.3) is 0 Å². The Bertz CT molecular complexity index is 293. The quantitative estimate of drug-likeness (QED) is 0.546. The summed E-state index contributed by atoms with van der Waals surface area (Å²) in [5, 5.41) is 0. The molecule has 0 N–H and O–H groups in total. The average Bonchev–Trinajstić information content (AvgIpc) is 2.18. The van der Waals surface area contributed by atoms with E-state index in [1.54, 1.807) is 0 Å². The minimum Gasteiger partial charge on any atom is -0.427 e. The summed E-state index contributed by atoms with van der Waals surface area (Å²) >= 11 is 0. The third-order valence-corrected chi connectivity index (χ3v) is 1.78. The van der Waals surface area contributed by atoms with Crippen LogP contribution in [-0.2, 0) is 4.79 Å². The lowest BCUT2D eigenvalue weighted by Gasteiger charge is -2.02. The number of unbranched alkanes of at least 4 members (excludes halogenated alkanes) is 1. The van der Waals surface area contributed by atoms with Crippen LogP contribution in [0, 0.1) is 5.82 Å². The molecule has 3 heteroatoms. The van der Waals surface area contributed by atoms with Crippen LogP contribution in [0.2, 0.25) is 0 Å². The van der Waals surface area contributed by atoms with Gasteiger partial charge in [0.1, 0.15) is 11.6 Å². The predicted molar refractivity (Wildman–Crippen MR) is 51.6 cm³/mol. The molecule has 0 spiro atoms. The van der Waals surface area contributed by atoms with Gasteiger partial charge in [-0.05, 0) is 30.7 Å². The van der Waals surface area contributed by atoms with Crippen molar-refractivity contribution >= 4 is 5.97 Å². The Morgan fingerprint density at radius 1 is 1.36 bits per heavy atom. The molecule has 0 heterocycles. The lowest BCUT2D eigenvalue weighted by atomic mass is 10.2. The maximum atomic E-state index is 12.5. The highest BCUT2D eigenvalue weighted by Crippen LogP contribution is 2.12. The standard InChI is InChI=1S/C11H13FO2/c1-2-3-4-11(13)14-10-7-5-9(12)6-8-10/h5-8H,2-4H2,1H3. The predicted octanol–water partition coefficient (Wildman–Crippen LogP) is 2.92. The van der Waals surface area contributed by atoms with Gasteiger partial charge in [-0.2, -0.15) is 0 Å². The van der Waals surface area contributed by atoms with E-state index < -0.39 is 0 Å². The maximum Gasteiger partial charge on any atom is 0.311 e. The summed E-state index contributed by atoms with van der Waals surface area (Å²) in [6, 6.07) is 5.42. The van der Waals surface area contributed by atoms with Gasteiger partial charge in [-0.3, -0.25) is 4.79 Å². The number of carbonyl (C=O) groups excluding carboxylic acids is 1. The molecule has 76 valence electrons. The van der Waals surface area contributed by atoms with E-state index in [0.29, 0.717) is 12.2 Å². The molecular formula is C11H13FO2. The molecular weight excluding hydrogens is 183 g/mol. The summed E-state index contributed by atoms with van der Waals surface area (Å²) in [5.41, 5.74) is 0.